The molecule has 0 bridgehead atoms. The van der Waals surface area contributed by atoms with Crippen LogP contribution < -0.4 is 0 Å². The molecular weight excluding hydrogens is 194 g/mol. The predicted octanol–water partition coefficient (Wildman–Crippen LogP) is 4.18. The van der Waals surface area contributed by atoms with Crippen LogP contribution in [-0.4, -0.2) is 4.98 Å². The number of aromatic nitrogens is 1. The average molecular weight is 211 g/mol. The Balaban J connectivity index is 2.44. The third-order valence-electron chi connectivity index (χ3n) is 2.68. The fraction of sp³-hybridized carbons (Fsp3) is 0.267. The first-order valence-electron chi connectivity index (χ1n) is 5.71. The summed E-state index contributed by atoms with van der Waals surface area (Å²) in [6.07, 6.45) is 0. The molecule has 1 nitrogen and oxygen atoms in total. The zero-order chi connectivity index (χ0) is 11.5. The van der Waals surface area contributed by atoms with E-state index in [-0.39, 0.29) is 0 Å². The van der Waals surface area contributed by atoms with Gasteiger partial charge in [-0.05, 0) is 31.0 Å². The Hall–Kier alpha value is -1.63. The molecule has 1 aromatic carbocycles. The van der Waals surface area contributed by atoms with Crippen LogP contribution in [0.2, 0.25) is 0 Å². The minimum absolute atomic E-state index is 0.477. The number of hydrogen-bond donors (Lipinski definition) is 0. The van der Waals surface area contributed by atoms with Gasteiger partial charge in [0.1, 0.15) is 0 Å². The van der Waals surface area contributed by atoms with Gasteiger partial charge >= 0.3 is 0 Å². The summed E-state index contributed by atoms with van der Waals surface area (Å²) in [5.41, 5.74) is 4.69. The van der Waals surface area contributed by atoms with E-state index in [0.29, 0.717) is 5.92 Å². The summed E-state index contributed by atoms with van der Waals surface area (Å²) in [5.74, 6) is 0.477. The molecule has 0 saturated carbocycles. The molecule has 0 aliphatic carbocycles. The molecule has 0 aliphatic rings. The van der Waals surface area contributed by atoms with E-state index in [0.717, 1.165) is 11.4 Å². The summed E-state index contributed by atoms with van der Waals surface area (Å²) >= 11 is 0. The second kappa shape index (κ2) is 4.48. The first-order valence-corrected chi connectivity index (χ1v) is 5.71. The van der Waals surface area contributed by atoms with Gasteiger partial charge in [-0.3, -0.25) is 4.98 Å². The van der Waals surface area contributed by atoms with Gasteiger partial charge in [-0.2, -0.15) is 0 Å². The van der Waals surface area contributed by atoms with Crippen LogP contribution in [-0.2, 0) is 0 Å². The second-order valence-corrected chi connectivity index (χ2v) is 4.47. The van der Waals surface area contributed by atoms with Crippen LogP contribution in [0, 0.1) is 6.92 Å². The molecule has 0 amide bonds. The Morgan fingerprint density at radius 3 is 2.44 bits per heavy atom. The van der Waals surface area contributed by atoms with E-state index in [1.165, 1.54) is 11.1 Å². The first-order chi connectivity index (χ1) is 7.66. The quantitative estimate of drug-likeness (QED) is 0.726. The lowest BCUT2D eigenvalue weighted by molar-refractivity contribution is 0.824. The van der Waals surface area contributed by atoms with Crippen LogP contribution in [0.3, 0.4) is 0 Å². The fourth-order valence-corrected chi connectivity index (χ4v) is 1.74. The topological polar surface area (TPSA) is 12.9 Å². The smallest absolute Gasteiger partial charge is 0.0705 e. The van der Waals surface area contributed by atoms with E-state index in [2.05, 4.69) is 68.2 Å². The maximum Gasteiger partial charge on any atom is 0.0705 e. The van der Waals surface area contributed by atoms with Crippen molar-refractivity contribution in [3.63, 3.8) is 0 Å². The summed E-state index contributed by atoms with van der Waals surface area (Å²) in [4.78, 5) is 4.68. The zero-order valence-electron chi connectivity index (χ0n) is 10.1. The van der Waals surface area contributed by atoms with E-state index in [9.17, 15) is 0 Å². The molecule has 0 spiro atoms. The highest BCUT2D eigenvalue weighted by atomic mass is 14.7. The van der Waals surface area contributed by atoms with Crippen molar-refractivity contribution in [2.24, 2.45) is 0 Å². The molecular formula is C15H17N. The van der Waals surface area contributed by atoms with E-state index in [4.69, 9.17) is 0 Å². The van der Waals surface area contributed by atoms with Gasteiger partial charge in [0.25, 0.3) is 0 Å². The molecule has 2 aromatic rings. The Labute approximate surface area is 97.2 Å². The first kappa shape index (κ1) is 10.9. The lowest BCUT2D eigenvalue weighted by Crippen LogP contribution is -1.93. The average Bonchev–Trinajstić information content (AvgIpc) is 2.29. The lowest BCUT2D eigenvalue weighted by atomic mass is 10.1. The molecule has 0 fully saturated rings. The third kappa shape index (κ3) is 2.30. The Kier molecular flexibility index (Phi) is 3.04. The van der Waals surface area contributed by atoms with Gasteiger partial charge in [0.05, 0.1) is 5.69 Å². The van der Waals surface area contributed by atoms with E-state index < -0.39 is 0 Å². The van der Waals surface area contributed by atoms with E-state index in [1.54, 1.807) is 0 Å². The van der Waals surface area contributed by atoms with Crippen LogP contribution in [0.4, 0.5) is 0 Å². The minimum atomic E-state index is 0.477. The number of hydrogen-bond acceptors (Lipinski definition) is 1. The molecule has 16 heavy (non-hydrogen) atoms. The maximum absolute atomic E-state index is 4.68. The van der Waals surface area contributed by atoms with E-state index >= 15 is 0 Å². The van der Waals surface area contributed by atoms with Crippen molar-refractivity contribution in [1.82, 2.24) is 4.98 Å². The molecule has 0 unspecified atom stereocenters. The third-order valence-corrected chi connectivity index (χ3v) is 2.68. The van der Waals surface area contributed by atoms with Gasteiger partial charge in [-0.15, -0.1) is 0 Å². The summed E-state index contributed by atoms with van der Waals surface area (Å²) in [7, 11) is 0. The van der Waals surface area contributed by atoms with Crippen LogP contribution >= 0.6 is 0 Å². The standard InChI is InChI=1S/C15H17N/c1-11(2)14-8-5-9-15(16-14)13-7-4-6-12(3)10-13/h4-11H,1-3H3. The number of aryl methyl sites for hydroxylation is 1. The van der Waals surface area contributed by atoms with Crippen molar-refractivity contribution in [3.8, 4) is 11.3 Å². The molecule has 82 valence electrons. The molecule has 1 aromatic heterocycles. The van der Waals surface area contributed by atoms with Gasteiger partial charge < -0.3 is 0 Å². The second-order valence-electron chi connectivity index (χ2n) is 4.47. The van der Waals surface area contributed by atoms with Gasteiger partial charge in [0, 0.05) is 11.3 Å². The molecule has 0 atom stereocenters. The predicted molar refractivity (Wildman–Crippen MR) is 68.5 cm³/mol. The number of nitrogens with zero attached hydrogens (tertiary/aromatic N) is 1. The lowest BCUT2D eigenvalue weighted by Gasteiger charge is -2.07. The summed E-state index contributed by atoms with van der Waals surface area (Å²) in [6.45, 7) is 6.44. The highest BCUT2D eigenvalue weighted by Gasteiger charge is 2.03. The van der Waals surface area contributed by atoms with Crippen LogP contribution in [0.15, 0.2) is 42.5 Å². The van der Waals surface area contributed by atoms with Crippen molar-refractivity contribution >= 4 is 0 Å². The monoisotopic (exact) mass is 211 g/mol. The van der Waals surface area contributed by atoms with Crippen molar-refractivity contribution in [3.05, 3.63) is 53.7 Å². The Morgan fingerprint density at radius 2 is 1.75 bits per heavy atom. The molecule has 0 radical (unpaired) electrons. The fourth-order valence-electron chi connectivity index (χ4n) is 1.74. The summed E-state index contributed by atoms with van der Waals surface area (Å²) in [6, 6.07) is 14.7. The number of benzene rings is 1. The van der Waals surface area contributed by atoms with Crippen LogP contribution in [0.1, 0.15) is 31.0 Å². The summed E-state index contributed by atoms with van der Waals surface area (Å²) < 4.78 is 0. The van der Waals surface area contributed by atoms with Crippen molar-refractivity contribution in [2.75, 3.05) is 0 Å². The van der Waals surface area contributed by atoms with E-state index in [1.807, 2.05) is 0 Å². The molecule has 2 rings (SSSR count). The molecule has 0 N–H and O–H groups in total. The minimum Gasteiger partial charge on any atom is -0.253 e. The molecule has 0 saturated heterocycles. The van der Waals surface area contributed by atoms with Crippen LogP contribution in [0.25, 0.3) is 11.3 Å². The number of pyridine rings is 1. The molecule has 1 heteroatoms. The Morgan fingerprint density at radius 1 is 1.00 bits per heavy atom. The maximum atomic E-state index is 4.68. The molecule has 0 aliphatic heterocycles. The highest BCUT2D eigenvalue weighted by molar-refractivity contribution is 5.60. The highest BCUT2D eigenvalue weighted by Crippen LogP contribution is 2.20. The van der Waals surface area contributed by atoms with Crippen LogP contribution in [0.5, 0.6) is 0 Å². The van der Waals surface area contributed by atoms with Gasteiger partial charge in [0.15, 0.2) is 0 Å². The molecule has 1 heterocycles. The van der Waals surface area contributed by atoms with Crippen molar-refractivity contribution in [1.29, 1.82) is 0 Å². The Bertz CT molecular complexity index is 486. The zero-order valence-corrected chi connectivity index (χ0v) is 10.1. The normalized spacial score (nSPS) is 10.8. The SMILES string of the molecule is Cc1cccc(-c2cccc(C(C)C)n2)c1. The van der Waals surface area contributed by atoms with Gasteiger partial charge in [-0.1, -0.05) is 43.7 Å². The largest absolute Gasteiger partial charge is 0.253 e. The summed E-state index contributed by atoms with van der Waals surface area (Å²) in [5, 5.41) is 0. The van der Waals surface area contributed by atoms with Crippen molar-refractivity contribution in [2.45, 2.75) is 26.7 Å². The van der Waals surface area contributed by atoms with Gasteiger partial charge in [-0.25, -0.2) is 0 Å². The number of rotatable bonds is 2. The van der Waals surface area contributed by atoms with Gasteiger partial charge in [0.2, 0.25) is 0 Å². The van der Waals surface area contributed by atoms with Crippen molar-refractivity contribution < 1.29 is 0 Å².